The van der Waals surface area contributed by atoms with Gasteiger partial charge in [-0.15, -0.1) is 0 Å². The molecule has 2 nitrogen and oxygen atoms in total. The molecule has 0 aromatic heterocycles. The number of hydrogen-bond acceptors (Lipinski definition) is 3. The first kappa shape index (κ1) is 13.4. The molecule has 1 aromatic rings. The SMILES string of the molecule is CSCCC(Cc1ccc(F)c(F)c1)NN. The van der Waals surface area contributed by atoms with E-state index in [9.17, 15) is 8.78 Å². The lowest BCUT2D eigenvalue weighted by molar-refractivity contribution is 0.495. The van der Waals surface area contributed by atoms with E-state index >= 15 is 0 Å². The second-order valence-corrected chi connectivity index (χ2v) is 4.58. The van der Waals surface area contributed by atoms with Crippen molar-refractivity contribution in [2.45, 2.75) is 18.9 Å². The third kappa shape index (κ3) is 4.08. The van der Waals surface area contributed by atoms with E-state index < -0.39 is 11.6 Å². The Morgan fingerprint density at radius 3 is 2.69 bits per heavy atom. The van der Waals surface area contributed by atoms with Gasteiger partial charge < -0.3 is 0 Å². The summed E-state index contributed by atoms with van der Waals surface area (Å²) in [6.45, 7) is 0. The first-order valence-corrected chi connectivity index (χ1v) is 6.45. The minimum atomic E-state index is -0.815. The Kier molecular flexibility index (Phi) is 5.73. The Bertz CT molecular complexity index is 334. The predicted molar refractivity (Wildman–Crippen MR) is 64.2 cm³/mol. The topological polar surface area (TPSA) is 38.0 Å². The van der Waals surface area contributed by atoms with Crippen LogP contribution in [0.5, 0.6) is 0 Å². The third-order valence-corrected chi connectivity index (χ3v) is 3.02. The molecule has 0 heterocycles. The van der Waals surface area contributed by atoms with E-state index in [4.69, 9.17) is 5.84 Å². The molecule has 0 saturated heterocycles. The fourth-order valence-electron chi connectivity index (χ4n) is 1.46. The van der Waals surface area contributed by atoms with Crippen molar-refractivity contribution >= 4 is 11.8 Å². The Morgan fingerprint density at radius 1 is 1.38 bits per heavy atom. The van der Waals surface area contributed by atoms with Gasteiger partial charge in [0.15, 0.2) is 11.6 Å². The van der Waals surface area contributed by atoms with E-state index in [1.54, 1.807) is 17.8 Å². The molecule has 0 saturated carbocycles. The van der Waals surface area contributed by atoms with Crippen LogP contribution in [0.25, 0.3) is 0 Å². The molecular weight excluding hydrogens is 230 g/mol. The third-order valence-electron chi connectivity index (χ3n) is 2.37. The Hall–Kier alpha value is -0.650. The van der Waals surface area contributed by atoms with Gasteiger partial charge in [0.2, 0.25) is 0 Å². The molecular formula is C11H16F2N2S. The molecule has 3 N–H and O–H groups in total. The van der Waals surface area contributed by atoms with Gasteiger partial charge >= 0.3 is 0 Å². The van der Waals surface area contributed by atoms with Gasteiger partial charge in [-0.05, 0) is 42.5 Å². The molecule has 90 valence electrons. The number of rotatable bonds is 6. The van der Waals surface area contributed by atoms with Crippen LogP contribution in [-0.4, -0.2) is 18.1 Å². The summed E-state index contributed by atoms with van der Waals surface area (Å²) in [4.78, 5) is 0. The highest BCUT2D eigenvalue weighted by molar-refractivity contribution is 7.98. The van der Waals surface area contributed by atoms with Crippen LogP contribution in [0.2, 0.25) is 0 Å². The van der Waals surface area contributed by atoms with Crippen molar-refractivity contribution in [1.29, 1.82) is 0 Å². The normalized spacial score (nSPS) is 12.8. The number of nitrogens with one attached hydrogen (secondary N) is 1. The maximum Gasteiger partial charge on any atom is 0.159 e. The Labute approximate surface area is 98.6 Å². The second-order valence-electron chi connectivity index (χ2n) is 3.60. The number of benzene rings is 1. The summed E-state index contributed by atoms with van der Waals surface area (Å²) in [5.74, 6) is 4.76. The zero-order chi connectivity index (χ0) is 12.0. The maximum atomic E-state index is 13.0. The van der Waals surface area contributed by atoms with Gasteiger partial charge in [0.1, 0.15) is 0 Å². The zero-order valence-electron chi connectivity index (χ0n) is 9.17. The van der Waals surface area contributed by atoms with Crippen LogP contribution in [0.3, 0.4) is 0 Å². The fraction of sp³-hybridized carbons (Fsp3) is 0.455. The number of nitrogens with two attached hydrogens (primary N) is 1. The van der Waals surface area contributed by atoms with Crippen molar-refractivity contribution in [3.05, 3.63) is 35.4 Å². The van der Waals surface area contributed by atoms with Crippen molar-refractivity contribution in [1.82, 2.24) is 5.43 Å². The van der Waals surface area contributed by atoms with Gasteiger partial charge in [0, 0.05) is 6.04 Å². The average molecular weight is 246 g/mol. The summed E-state index contributed by atoms with van der Waals surface area (Å²) in [6.07, 6.45) is 3.52. The quantitative estimate of drug-likeness (QED) is 0.596. The van der Waals surface area contributed by atoms with Crippen LogP contribution in [0.4, 0.5) is 8.78 Å². The van der Waals surface area contributed by atoms with Crippen LogP contribution in [0.1, 0.15) is 12.0 Å². The lowest BCUT2D eigenvalue weighted by Gasteiger charge is -2.15. The van der Waals surface area contributed by atoms with E-state index in [0.29, 0.717) is 6.42 Å². The Balaban J connectivity index is 2.59. The monoisotopic (exact) mass is 246 g/mol. The largest absolute Gasteiger partial charge is 0.271 e. The van der Waals surface area contributed by atoms with Crippen LogP contribution >= 0.6 is 11.8 Å². The summed E-state index contributed by atoms with van der Waals surface area (Å²) >= 11 is 1.73. The highest BCUT2D eigenvalue weighted by Crippen LogP contribution is 2.12. The van der Waals surface area contributed by atoms with Gasteiger partial charge in [-0.3, -0.25) is 11.3 Å². The lowest BCUT2D eigenvalue weighted by Crippen LogP contribution is -2.37. The molecule has 1 rings (SSSR count). The van der Waals surface area contributed by atoms with Crippen molar-refractivity contribution in [3.63, 3.8) is 0 Å². The summed E-state index contributed by atoms with van der Waals surface area (Å²) in [5, 5.41) is 0. The summed E-state index contributed by atoms with van der Waals surface area (Å²) < 4.78 is 25.7. The van der Waals surface area contributed by atoms with Crippen molar-refractivity contribution in [3.8, 4) is 0 Å². The molecule has 16 heavy (non-hydrogen) atoms. The lowest BCUT2D eigenvalue weighted by atomic mass is 10.0. The van der Waals surface area contributed by atoms with Crippen LogP contribution < -0.4 is 11.3 Å². The van der Waals surface area contributed by atoms with E-state index in [1.165, 1.54) is 6.07 Å². The smallest absolute Gasteiger partial charge is 0.159 e. The summed E-state index contributed by atoms with van der Waals surface area (Å²) in [7, 11) is 0. The maximum absolute atomic E-state index is 13.0. The summed E-state index contributed by atoms with van der Waals surface area (Å²) in [5.41, 5.74) is 3.44. The molecule has 1 atom stereocenters. The fourth-order valence-corrected chi connectivity index (χ4v) is 1.98. The van der Waals surface area contributed by atoms with Crippen LogP contribution in [0.15, 0.2) is 18.2 Å². The van der Waals surface area contributed by atoms with E-state index in [1.807, 2.05) is 6.26 Å². The number of hydrazine groups is 1. The second kappa shape index (κ2) is 6.83. The zero-order valence-corrected chi connectivity index (χ0v) is 9.99. The summed E-state index contributed by atoms with van der Waals surface area (Å²) in [6, 6.07) is 4.05. The molecule has 0 radical (unpaired) electrons. The van der Waals surface area contributed by atoms with Gasteiger partial charge in [0.05, 0.1) is 0 Å². The molecule has 0 amide bonds. The molecule has 0 bridgehead atoms. The van der Waals surface area contributed by atoms with Crippen LogP contribution in [0, 0.1) is 11.6 Å². The predicted octanol–water partition coefficient (Wildman–Crippen LogP) is 2.09. The molecule has 0 aliphatic carbocycles. The Morgan fingerprint density at radius 2 is 2.12 bits per heavy atom. The molecule has 5 heteroatoms. The minimum Gasteiger partial charge on any atom is -0.271 e. The van der Waals surface area contributed by atoms with Crippen molar-refractivity contribution < 1.29 is 8.78 Å². The number of halogens is 2. The molecule has 1 aromatic carbocycles. The van der Waals surface area contributed by atoms with Crippen molar-refractivity contribution in [2.75, 3.05) is 12.0 Å². The average Bonchev–Trinajstić information content (AvgIpc) is 2.29. The molecule has 0 aliphatic heterocycles. The van der Waals surface area contributed by atoms with Crippen molar-refractivity contribution in [2.24, 2.45) is 5.84 Å². The van der Waals surface area contributed by atoms with E-state index in [0.717, 1.165) is 23.8 Å². The van der Waals surface area contributed by atoms with Gasteiger partial charge in [-0.2, -0.15) is 11.8 Å². The van der Waals surface area contributed by atoms with Gasteiger partial charge in [-0.1, -0.05) is 6.07 Å². The number of hydrogen-bond donors (Lipinski definition) is 2. The van der Waals surface area contributed by atoms with E-state index in [2.05, 4.69) is 5.43 Å². The minimum absolute atomic E-state index is 0.0947. The highest BCUT2D eigenvalue weighted by Gasteiger charge is 2.09. The van der Waals surface area contributed by atoms with Crippen LogP contribution in [-0.2, 0) is 6.42 Å². The molecule has 0 fully saturated rings. The van der Waals surface area contributed by atoms with Gasteiger partial charge in [-0.25, -0.2) is 8.78 Å². The molecule has 0 aliphatic rings. The first-order valence-electron chi connectivity index (χ1n) is 5.06. The van der Waals surface area contributed by atoms with Gasteiger partial charge in [0.25, 0.3) is 0 Å². The molecule has 1 unspecified atom stereocenters. The first-order chi connectivity index (χ1) is 7.67. The highest BCUT2D eigenvalue weighted by atomic mass is 32.2. The molecule has 0 spiro atoms. The van der Waals surface area contributed by atoms with E-state index in [-0.39, 0.29) is 6.04 Å². The standard InChI is InChI=1S/C11H16F2N2S/c1-16-5-4-9(15-14)6-8-2-3-10(12)11(13)7-8/h2-3,7,9,15H,4-6,14H2,1H3. The number of thioether (sulfide) groups is 1.